The van der Waals surface area contributed by atoms with Crippen LogP contribution in [0.25, 0.3) is 0 Å². The van der Waals surface area contributed by atoms with E-state index in [0.29, 0.717) is 12.3 Å². The highest BCUT2D eigenvalue weighted by Crippen LogP contribution is 2.35. The maximum atomic E-state index is 12.6. The van der Waals surface area contributed by atoms with Gasteiger partial charge in [-0.1, -0.05) is 19.1 Å². The van der Waals surface area contributed by atoms with Crippen LogP contribution in [0, 0.1) is 0 Å². The van der Waals surface area contributed by atoms with Gasteiger partial charge < -0.3 is 9.64 Å². The number of thiazole rings is 1. The second kappa shape index (κ2) is 6.71. The number of hydrogen-bond acceptors (Lipinski definition) is 5. The molecule has 2 aromatic rings. The number of benzene rings is 1. The predicted octanol–water partition coefficient (Wildman–Crippen LogP) is 3.22. The van der Waals surface area contributed by atoms with Crippen molar-refractivity contribution in [2.75, 3.05) is 12.8 Å². The van der Waals surface area contributed by atoms with Crippen molar-refractivity contribution in [3.63, 3.8) is 0 Å². The fraction of sp³-hybridized carbons (Fsp3) is 0.375. The molecule has 116 valence electrons. The van der Waals surface area contributed by atoms with E-state index in [4.69, 9.17) is 4.74 Å². The molecule has 0 spiro atoms. The van der Waals surface area contributed by atoms with Crippen molar-refractivity contribution in [3.05, 3.63) is 40.3 Å². The largest absolute Gasteiger partial charge is 0.479 e. The van der Waals surface area contributed by atoms with Crippen LogP contribution in [0.1, 0.15) is 17.6 Å². The first-order chi connectivity index (χ1) is 10.7. The zero-order valence-corrected chi connectivity index (χ0v) is 14.2. The Morgan fingerprint density at radius 1 is 1.45 bits per heavy atom. The van der Waals surface area contributed by atoms with Crippen molar-refractivity contribution in [2.45, 2.75) is 30.9 Å². The van der Waals surface area contributed by atoms with Crippen LogP contribution < -0.4 is 4.74 Å². The van der Waals surface area contributed by atoms with Crippen molar-refractivity contribution in [2.24, 2.45) is 0 Å². The molecular formula is C16H18N2O2S2. The maximum Gasteiger partial charge on any atom is 0.264 e. The third-order valence-electron chi connectivity index (χ3n) is 3.46. The molecule has 1 atom stereocenters. The van der Waals surface area contributed by atoms with Crippen LogP contribution in [0.4, 0.5) is 0 Å². The van der Waals surface area contributed by atoms with Gasteiger partial charge in [0.15, 0.2) is 6.10 Å². The van der Waals surface area contributed by atoms with Gasteiger partial charge in [-0.25, -0.2) is 4.98 Å². The summed E-state index contributed by atoms with van der Waals surface area (Å²) in [5.74, 6) is 1.46. The molecule has 0 aliphatic carbocycles. The number of thioether (sulfide) groups is 1. The van der Waals surface area contributed by atoms with E-state index in [1.54, 1.807) is 28.0 Å². The Balaban J connectivity index is 1.64. The smallest absolute Gasteiger partial charge is 0.264 e. The van der Waals surface area contributed by atoms with Crippen molar-refractivity contribution in [3.8, 4) is 5.75 Å². The highest BCUT2D eigenvalue weighted by molar-refractivity contribution is 7.99. The Morgan fingerprint density at radius 2 is 2.27 bits per heavy atom. The minimum atomic E-state index is -0.422. The van der Waals surface area contributed by atoms with E-state index in [1.807, 2.05) is 36.7 Å². The van der Waals surface area contributed by atoms with Crippen LogP contribution >= 0.6 is 23.1 Å². The van der Waals surface area contributed by atoms with Gasteiger partial charge in [-0.15, -0.1) is 23.1 Å². The fourth-order valence-corrected chi connectivity index (χ4v) is 4.00. The number of nitrogens with zero attached hydrogens (tertiary/aromatic N) is 2. The number of aromatic nitrogens is 1. The average molecular weight is 334 g/mol. The number of carbonyl (C=O) groups is 1. The summed E-state index contributed by atoms with van der Waals surface area (Å²) in [6, 6.07) is 7.84. The lowest BCUT2D eigenvalue weighted by atomic mass is 10.3. The number of para-hydroxylation sites is 1. The Bertz CT molecular complexity index is 672. The first-order valence-electron chi connectivity index (χ1n) is 7.24. The number of ether oxygens (including phenoxy) is 1. The van der Waals surface area contributed by atoms with Gasteiger partial charge in [-0.3, -0.25) is 4.79 Å². The molecule has 6 heteroatoms. The van der Waals surface area contributed by atoms with E-state index in [-0.39, 0.29) is 5.91 Å². The molecule has 1 aromatic carbocycles. The van der Waals surface area contributed by atoms with Crippen LogP contribution in [0.3, 0.4) is 0 Å². The number of carbonyl (C=O) groups excluding carboxylic acids is 1. The summed E-state index contributed by atoms with van der Waals surface area (Å²) < 4.78 is 5.85. The first kappa shape index (κ1) is 15.4. The topological polar surface area (TPSA) is 42.4 Å². The Labute approximate surface area is 138 Å². The number of aryl methyl sites for hydroxylation is 1. The molecule has 1 unspecified atom stereocenters. The highest BCUT2D eigenvalue weighted by Gasteiger charge is 2.29. The van der Waals surface area contributed by atoms with Gasteiger partial charge in [0.25, 0.3) is 5.91 Å². The molecule has 1 amide bonds. The second-order valence-electron chi connectivity index (χ2n) is 5.14. The molecule has 0 bridgehead atoms. The predicted molar refractivity (Wildman–Crippen MR) is 89.5 cm³/mol. The molecule has 0 fully saturated rings. The standard InChI is InChI=1S/C16H18N2O2S2/c1-3-15-17-11(9-22-15)8-18(2)16(19)13-10-21-14-7-5-4-6-12(14)20-13/h4-7,9,13H,3,8,10H2,1-2H3. The van der Waals surface area contributed by atoms with Crippen LogP contribution in [0.15, 0.2) is 34.5 Å². The molecule has 3 rings (SSSR count). The molecule has 1 aliphatic heterocycles. The quantitative estimate of drug-likeness (QED) is 0.861. The van der Waals surface area contributed by atoms with Crippen molar-refractivity contribution in [1.82, 2.24) is 9.88 Å². The average Bonchev–Trinajstić information content (AvgIpc) is 3.01. The number of rotatable bonds is 4. The van der Waals surface area contributed by atoms with Gasteiger partial charge in [-0.2, -0.15) is 0 Å². The normalized spacial score (nSPS) is 16.7. The van der Waals surface area contributed by atoms with E-state index in [0.717, 1.165) is 27.8 Å². The Morgan fingerprint density at radius 3 is 3.05 bits per heavy atom. The fourth-order valence-electron chi connectivity index (χ4n) is 2.29. The van der Waals surface area contributed by atoms with Gasteiger partial charge >= 0.3 is 0 Å². The van der Waals surface area contributed by atoms with E-state index in [9.17, 15) is 4.79 Å². The molecule has 1 aliphatic rings. The summed E-state index contributed by atoms with van der Waals surface area (Å²) in [7, 11) is 1.81. The third kappa shape index (κ3) is 3.28. The number of hydrogen-bond donors (Lipinski definition) is 0. The molecule has 0 radical (unpaired) electrons. The number of likely N-dealkylation sites (N-methyl/N-ethyl adjacent to an activating group) is 1. The van der Waals surface area contributed by atoms with Gasteiger partial charge in [0.1, 0.15) is 5.75 Å². The number of amides is 1. The van der Waals surface area contributed by atoms with E-state index < -0.39 is 6.10 Å². The molecule has 0 saturated heterocycles. The monoisotopic (exact) mass is 334 g/mol. The summed E-state index contributed by atoms with van der Waals surface area (Å²) in [6.07, 6.45) is 0.510. The van der Waals surface area contributed by atoms with Gasteiger partial charge in [0.2, 0.25) is 0 Å². The van der Waals surface area contributed by atoms with Crippen molar-refractivity contribution >= 4 is 29.0 Å². The minimum Gasteiger partial charge on any atom is -0.479 e. The molecule has 1 aromatic heterocycles. The zero-order valence-electron chi connectivity index (χ0n) is 12.6. The lowest BCUT2D eigenvalue weighted by molar-refractivity contribution is -0.137. The molecule has 4 nitrogen and oxygen atoms in total. The summed E-state index contributed by atoms with van der Waals surface area (Å²) in [4.78, 5) is 19.9. The lowest BCUT2D eigenvalue weighted by Gasteiger charge is -2.28. The summed E-state index contributed by atoms with van der Waals surface area (Å²) in [5, 5.41) is 3.13. The first-order valence-corrected chi connectivity index (χ1v) is 9.10. The highest BCUT2D eigenvalue weighted by atomic mass is 32.2. The van der Waals surface area contributed by atoms with E-state index in [2.05, 4.69) is 11.9 Å². The van der Waals surface area contributed by atoms with E-state index in [1.165, 1.54) is 0 Å². The Hall–Kier alpha value is -1.53. The van der Waals surface area contributed by atoms with Crippen LogP contribution in [0.2, 0.25) is 0 Å². The summed E-state index contributed by atoms with van der Waals surface area (Å²) in [5.41, 5.74) is 0.946. The summed E-state index contributed by atoms with van der Waals surface area (Å²) in [6.45, 7) is 2.61. The van der Waals surface area contributed by atoms with E-state index >= 15 is 0 Å². The minimum absolute atomic E-state index is 0.00746. The number of fused-ring (bicyclic) bond motifs is 1. The lowest BCUT2D eigenvalue weighted by Crippen LogP contribution is -2.42. The SMILES string of the molecule is CCc1nc(CN(C)C(=O)C2CSc3ccccc3O2)cs1. The summed E-state index contributed by atoms with van der Waals surface area (Å²) >= 11 is 3.32. The molecule has 22 heavy (non-hydrogen) atoms. The van der Waals surface area contributed by atoms with Gasteiger partial charge in [0.05, 0.1) is 17.2 Å². The zero-order chi connectivity index (χ0) is 15.5. The van der Waals surface area contributed by atoms with Crippen molar-refractivity contribution < 1.29 is 9.53 Å². The Kier molecular flexibility index (Phi) is 4.69. The molecule has 0 saturated carbocycles. The molecular weight excluding hydrogens is 316 g/mol. The van der Waals surface area contributed by atoms with Gasteiger partial charge in [-0.05, 0) is 18.6 Å². The second-order valence-corrected chi connectivity index (χ2v) is 7.15. The van der Waals surface area contributed by atoms with Crippen LogP contribution in [-0.2, 0) is 17.8 Å². The molecule has 2 heterocycles. The van der Waals surface area contributed by atoms with Gasteiger partial charge in [0, 0.05) is 23.1 Å². The third-order valence-corrected chi connectivity index (χ3v) is 5.62. The maximum absolute atomic E-state index is 12.6. The van der Waals surface area contributed by atoms with Crippen molar-refractivity contribution in [1.29, 1.82) is 0 Å². The van der Waals surface area contributed by atoms with Crippen LogP contribution in [-0.4, -0.2) is 34.7 Å². The molecule has 0 N–H and O–H groups in total. The van der Waals surface area contributed by atoms with Crippen LogP contribution in [0.5, 0.6) is 5.75 Å².